The lowest BCUT2D eigenvalue weighted by Crippen LogP contribution is -2.33. The summed E-state index contributed by atoms with van der Waals surface area (Å²) in [5.74, 6) is -0.371. The van der Waals surface area contributed by atoms with E-state index in [0.29, 0.717) is 22.8 Å². The van der Waals surface area contributed by atoms with Gasteiger partial charge in [0.15, 0.2) is 0 Å². The van der Waals surface area contributed by atoms with Gasteiger partial charge in [-0.3, -0.25) is 19.3 Å². The number of thiophene rings is 1. The molecular formula is C19H15N3O5S. The first-order valence-corrected chi connectivity index (χ1v) is 9.49. The maximum Gasteiger partial charge on any atom is 0.306 e. The SMILES string of the molecule is O=C(CCc1nc(-c2cccs2)no1)OCCN1C(=O)c2ccccc2C1=O. The van der Waals surface area contributed by atoms with Crippen LogP contribution in [0.4, 0.5) is 0 Å². The van der Waals surface area contributed by atoms with E-state index in [1.807, 2.05) is 17.5 Å². The fourth-order valence-electron chi connectivity index (χ4n) is 2.84. The van der Waals surface area contributed by atoms with Crippen molar-refractivity contribution in [1.82, 2.24) is 15.0 Å². The second-order valence-corrected chi connectivity index (χ2v) is 6.96. The molecule has 0 radical (unpaired) electrons. The van der Waals surface area contributed by atoms with Crippen LogP contribution < -0.4 is 0 Å². The highest BCUT2D eigenvalue weighted by Gasteiger charge is 2.34. The van der Waals surface area contributed by atoms with Gasteiger partial charge in [0.1, 0.15) is 6.61 Å². The Kier molecular flexibility index (Phi) is 4.98. The maximum absolute atomic E-state index is 12.2. The topological polar surface area (TPSA) is 103 Å². The van der Waals surface area contributed by atoms with Crippen LogP contribution in [0.15, 0.2) is 46.3 Å². The highest BCUT2D eigenvalue weighted by Crippen LogP contribution is 2.22. The Balaban J connectivity index is 1.24. The third-order valence-corrected chi connectivity index (χ3v) is 5.07. The number of imide groups is 1. The predicted octanol–water partition coefficient (Wildman–Crippen LogP) is 2.57. The lowest BCUT2D eigenvalue weighted by molar-refractivity contribution is -0.143. The van der Waals surface area contributed by atoms with Crippen LogP contribution in [0.1, 0.15) is 33.0 Å². The molecule has 8 nitrogen and oxygen atoms in total. The molecule has 0 saturated carbocycles. The zero-order valence-electron chi connectivity index (χ0n) is 14.7. The van der Waals surface area contributed by atoms with Crippen LogP contribution in [0.2, 0.25) is 0 Å². The number of nitrogens with zero attached hydrogens (tertiary/aromatic N) is 3. The minimum Gasteiger partial charge on any atom is -0.464 e. The van der Waals surface area contributed by atoms with Crippen molar-refractivity contribution in [2.75, 3.05) is 13.2 Å². The quantitative estimate of drug-likeness (QED) is 0.446. The normalized spacial score (nSPS) is 13.1. The Morgan fingerprint density at radius 3 is 2.54 bits per heavy atom. The molecule has 2 aromatic heterocycles. The minimum atomic E-state index is -0.465. The Morgan fingerprint density at radius 2 is 1.86 bits per heavy atom. The van der Waals surface area contributed by atoms with Crippen molar-refractivity contribution >= 4 is 29.1 Å². The van der Waals surface area contributed by atoms with E-state index in [2.05, 4.69) is 10.1 Å². The molecule has 3 aromatic rings. The van der Waals surface area contributed by atoms with Crippen LogP contribution in [-0.2, 0) is 16.0 Å². The van der Waals surface area contributed by atoms with Gasteiger partial charge in [0.2, 0.25) is 11.7 Å². The molecule has 1 aromatic carbocycles. The highest BCUT2D eigenvalue weighted by atomic mass is 32.1. The summed E-state index contributed by atoms with van der Waals surface area (Å²) in [5.41, 5.74) is 0.744. The summed E-state index contributed by atoms with van der Waals surface area (Å²) in [6.45, 7) is -0.0459. The number of benzene rings is 1. The highest BCUT2D eigenvalue weighted by molar-refractivity contribution is 7.13. The van der Waals surface area contributed by atoms with Crippen LogP contribution >= 0.6 is 11.3 Å². The maximum atomic E-state index is 12.2. The molecule has 0 atom stereocenters. The molecule has 4 rings (SSSR count). The van der Waals surface area contributed by atoms with Gasteiger partial charge in [-0.1, -0.05) is 23.4 Å². The molecule has 9 heteroatoms. The molecule has 2 amide bonds. The van der Waals surface area contributed by atoms with Crippen LogP contribution in [-0.4, -0.2) is 46.0 Å². The third-order valence-electron chi connectivity index (χ3n) is 4.21. The number of aryl methyl sites for hydroxylation is 1. The van der Waals surface area contributed by atoms with Gasteiger partial charge in [-0.25, -0.2) is 0 Å². The summed E-state index contributed by atoms with van der Waals surface area (Å²) in [6.07, 6.45) is 0.318. The number of hydrogen-bond acceptors (Lipinski definition) is 8. The van der Waals surface area contributed by atoms with Crippen molar-refractivity contribution in [2.24, 2.45) is 0 Å². The Labute approximate surface area is 163 Å². The fourth-order valence-corrected chi connectivity index (χ4v) is 3.49. The number of hydrogen-bond donors (Lipinski definition) is 0. The molecular weight excluding hydrogens is 382 g/mol. The molecule has 0 N–H and O–H groups in total. The number of carbonyl (C=O) groups excluding carboxylic acids is 3. The van der Waals surface area contributed by atoms with Crippen molar-refractivity contribution < 1.29 is 23.6 Å². The third kappa shape index (κ3) is 3.56. The van der Waals surface area contributed by atoms with E-state index >= 15 is 0 Å². The molecule has 0 saturated heterocycles. The monoisotopic (exact) mass is 397 g/mol. The van der Waals surface area contributed by atoms with E-state index in [1.165, 1.54) is 11.3 Å². The van der Waals surface area contributed by atoms with Gasteiger partial charge in [-0.2, -0.15) is 4.98 Å². The van der Waals surface area contributed by atoms with Gasteiger partial charge in [-0.15, -0.1) is 11.3 Å². The number of amides is 2. The number of aromatic nitrogens is 2. The zero-order chi connectivity index (χ0) is 19.5. The minimum absolute atomic E-state index is 0.0150. The van der Waals surface area contributed by atoms with E-state index in [9.17, 15) is 14.4 Å². The van der Waals surface area contributed by atoms with Crippen molar-refractivity contribution in [1.29, 1.82) is 0 Å². The summed E-state index contributed by atoms with van der Waals surface area (Å²) in [6, 6.07) is 10.4. The fraction of sp³-hybridized carbons (Fsp3) is 0.211. The lowest BCUT2D eigenvalue weighted by atomic mass is 10.1. The summed E-state index contributed by atoms with van der Waals surface area (Å²) < 4.78 is 10.3. The summed E-state index contributed by atoms with van der Waals surface area (Å²) in [7, 11) is 0. The molecule has 1 aliphatic rings. The van der Waals surface area contributed by atoms with E-state index in [4.69, 9.17) is 9.26 Å². The number of carbonyl (C=O) groups is 3. The Bertz CT molecular complexity index is 993. The van der Waals surface area contributed by atoms with Gasteiger partial charge >= 0.3 is 5.97 Å². The molecule has 0 unspecified atom stereocenters. The number of ether oxygens (including phenoxy) is 1. The Morgan fingerprint density at radius 1 is 1.11 bits per heavy atom. The molecule has 28 heavy (non-hydrogen) atoms. The van der Waals surface area contributed by atoms with Crippen LogP contribution in [0.5, 0.6) is 0 Å². The standard InChI is InChI=1S/C19H15N3O5S/c23-16(8-7-15-20-17(21-27-15)14-6-3-11-28-14)26-10-9-22-18(24)12-4-1-2-5-13(12)19(22)25/h1-6,11H,7-10H2. The van der Waals surface area contributed by atoms with Gasteiger partial charge in [0.05, 0.1) is 29.0 Å². The molecule has 0 spiro atoms. The second kappa shape index (κ2) is 7.73. The number of rotatable bonds is 7. The van der Waals surface area contributed by atoms with Crippen molar-refractivity contribution in [3.8, 4) is 10.7 Å². The van der Waals surface area contributed by atoms with E-state index in [0.717, 1.165) is 9.78 Å². The molecule has 1 aliphatic heterocycles. The van der Waals surface area contributed by atoms with Crippen molar-refractivity contribution in [3.05, 3.63) is 58.8 Å². The first-order chi connectivity index (χ1) is 13.6. The van der Waals surface area contributed by atoms with Crippen molar-refractivity contribution in [2.45, 2.75) is 12.8 Å². The lowest BCUT2D eigenvalue weighted by Gasteiger charge is -2.13. The molecule has 142 valence electrons. The largest absolute Gasteiger partial charge is 0.464 e. The molecule has 0 fully saturated rings. The summed E-state index contributed by atoms with van der Waals surface area (Å²) >= 11 is 1.50. The molecule has 0 aliphatic carbocycles. The summed E-state index contributed by atoms with van der Waals surface area (Å²) in [4.78, 5) is 42.6. The van der Waals surface area contributed by atoms with Crippen LogP contribution in [0.25, 0.3) is 10.7 Å². The number of fused-ring (bicyclic) bond motifs is 1. The molecule has 3 heterocycles. The van der Waals surface area contributed by atoms with Gasteiger partial charge in [-0.05, 0) is 23.6 Å². The predicted molar refractivity (Wildman–Crippen MR) is 98.7 cm³/mol. The van der Waals surface area contributed by atoms with Crippen molar-refractivity contribution in [3.63, 3.8) is 0 Å². The first kappa shape index (κ1) is 18.1. The van der Waals surface area contributed by atoms with Gasteiger partial charge in [0.25, 0.3) is 11.8 Å². The second-order valence-electron chi connectivity index (χ2n) is 6.02. The van der Waals surface area contributed by atoms with Crippen LogP contribution in [0, 0.1) is 0 Å². The zero-order valence-corrected chi connectivity index (χ0v) is 15.5. The van der Waals surface area contributed by atoms with E-state index in [-0.39, 0.29) is 37.8 Å². The average Bonchev–Trinajstić information content (AvgIpc) is 3.44. The Hall–Kier alpha value is -3.33. The van der Waals surface area contributed by atoms with E-state index < -0.39 is 5.97 Å². The average molecular weight is 397 g/mol. The van der Waals surface area contributed by atoms with Crippen LogP contribution in [0.3, 0.4) is 0 Å². The smallest absolute Gasteiger partial charge is 0.306 e. The van der Waals surface area contributed by atoms with Gasteiger partial charge < -0.3 is 9.26 Å². The van der Waals surface area contributed by atoms with Gasteiger partial charge in [0, 0.05) is 6.42 Å². The molecule has 0 bridgehead atoms. The first-order valence-electron chi connectivity index (χ1n) is 8.61. The van der Waals surface area contributed by atoms with E-state index in [1.54, 1.807) is 24.3 Å². The number of esters is 1. The summed E-state index contributed by atoms with van der Waals surface area (Å²) in [5, 5.41) is 5.79.